The molecule has 0 aromatic rings. The molecule has 0 amide bonds. The molecule has 0 bridgehead atoms. The number of aliphatic hydroxyl groups is 2. The lowest BCUT2D eigenvalue weighted by Gasteiger charge is -2.25. The first-order valence-corrected chi connectivity index (χ1v) is 3.95. The molecule has 0 saturated carbocycles. The number of hydrogen-bond donors (Lipinski definition) is 2. The van der Waals surface area contributed by atoms with Crippen molar-refractivity contribution in [1.29, 1.82) is 0 Å². The molecule has 0 heterocycles. The highest BCUT2D eigenvalue weighted by Gasteiger charge is 2.42. The van der Waals surface area contributed by atoms with Crippen molar-refractivity contribution in [3.63, 3.8) is 0 Å². The van der Waals surface area contributed by atoms with Gasteiger partial charge in [-0.1, -0.05) is 24.3 Å². The standard InChI is InChI=1S/C9H12O2/c10-6-9(11)5-4-7-2-1-3-8(7)9/h1,3-5,7-8,10-11H,2,6H2/t7-,8-,9+/m0/s1. The van der Waals surface area contributed by atoms with E-state index in [1.165, 1.54) is 0 Å². The van der Waals surface area contributed by atoms with Gasteiger partial charge in [-0.05, 0) is 12.3 Å². The number of fused-ring (bicyclic) bond motifs is 1. The van der Waals surface area contributed by atoms with Crippen LogP contribution in [0.1, 0.15) is 6.42 Å². The summed E-state index contributed by atoms with van der Waals surface area (Å²) in [6, 6.07) is 0. The Morgan fingerprint density at radius 3 is 3.00 bits per heavy atom. The van der Waals surface area contributed by atoms with Crippen molar-refractivity contribution >= 4 is 0 Å². The van der Waals surface area contributed by atoms with E-state index in [2.05, 4.69) is 6.08 Å². The summed E-state index contributed by atoms with van der Waals surface area (Å²) in [5.41, 5.74) is -0.975. The van der Waals surface area contributed by atoms with E-state index in [0.29, 0.717) is 5.92 Å². The third-order valence-corrected chi connectivity index (χ3v) is 2.68. The third-order valence-electron chi connectivity index (χ3n) is 2.68. The lowest BCUT2D eigenvalue weighted by atomic mass is 9.88. The van der Waals surface area contributed by atoms with E-state index in [4.69, 9.17) is 5.11 Å². The maximum Gasteiger partial charge on any atom is 0.112 e. The van der Waals surface area contributed by atoms with Crippen LogP contribution in [0.4, 0.5) is 0 Å². The van der Waals surface area contributed by atoms with Crippen molar-refractivity contribution in [3.8, 4) is 0 Å². The maximum atomic E-state index is 9.78. The molecule has 2 heteroatoms. The molecule has 0 aromatic heterocycles. The Bertz CT molecular complexity index is 220. The molecule has 2 nitrogen and oxygen atoms in total. The Labute approximate surface area is 65.9 Å². The van der Waals surface area contributed by atoms with E-state index in [0.717, 1.165) is 6.42 Å². The number of hydrogen-bond acceptors (Lipinski definition) is 2. The molecule has 0 radical (unpaired) electrons. The van der Waals surface area contributed by atoms with E-state index in [9.17, 15) is 5.11 Å². The highest BCUT2D eigenvalue weighted by atomic mass is 16.3. The molecule has 11 heavy (non-hydrogen) atoms. The van der Waals surface area contributed by atoms with Crippen molar-refractivity contribution in [2.75, 3.05) is 6.61 Å². The van der Waals surface area contributed by atoms with Crippen molar-refractivity contribution in [2.45, 2.75) is 12.0 Å². The second-order valence-electron chi connectivity index (χ2n) is 3.36. The van der Waals surface area contributed by atoms with Crippen molar-refractivity contribution in [1.82, 2.24) is 0 Å². The molecule has 0 spiro atoms. The summed E-state index contributed by atoms with van der Waals surface area (Å²) in [5, 5.41) is 18.7. The summed E-state index contributed by atoms with van der Waals surface area (Å²) in [4.78, 5) is 0. The van der Waals surface area contributed by atoms with Gasteiger partial charge in [-0.15, -0.1) is 0 Å². The van der Waals surface area contributed by atoms with Crippen LogP contribution < -0.4 is 0 Å². The van der Waals surface area contributed by atoms with Gasteiger partial charge in [-0.25, -0.2) is 0 Å². The molecule has 3 atom stereocenters. The average Bonchev–Trinajstić information content (AvgIpc) is 2.55. The molecule has 0 fully saturated rings. The van der Waals surface area contributed by atoms with Crippen LogP contribution in [0.3, 0.4) is 0 Å². The minimum atomic E-state index is -0.975. The molecule has 0 aliphatic heterocycles. The summed E-state index contributed by atoms with van der Waals surface area (Å²) in [5.74, 6) is 0.541. The van der Waals surface area contributed by atoms with Gasteiger partial charge >= 0.3 is 0 Å². The Morgan fingerprint density at radius 1 is 1.45 bits per heavy atom. The number of aliphatic hydroxyl groups excluding tert-OH is 1. The second kappa shape index (κ2) is 2.19. The zero-order valence-corrected chi connectivity index (χ0v) is 6.27. The number of allylic oxidation sites excluding steroid dienone is 2. The van der Waals surface area contributed by atoms with E-state index >= 15 is 0 Å². The average molecular weight is 152 g/mol. The first kappa shape index (κ1) is 7.07. The van der Waals surface area contributed by atoms with Gasteiger partial charge in [0.1, 0.15) is 5.60 Å². The Hall–Kier alpha value is -0.600. The predicted molar refractivity (Wildman–Crippen MR) is 41.9 cm³/mol. The van der Waals surface area contributed by atoms with Crippen LogP contribution in [-0.4, -0.2) is 22.4 Å². The smallest absolute Gasteiger partial charge is 0.112 e. The summed E-state index contributed by atoms with van der Waals surface area (Å²) < 4.78 is 0. The summed E-state index contributed by atoms with van der Waals surface area (Å²) >= 11 is 0. The van der Waals surface area contributed by atoms with Crippen molar-refractivity contribution in [2.24, 2.45) is 11.8 Å². The normalized spacial score (nSPS) is 46.7. The van der Waals surface area contributed by atoms with Gasteiger partial charge in [0.25, 0.3) is 0 Å². The molecule has 2 rings (SSSR count). The Kier molecular flexibility index (Phi) is 1.41. The molecule has 2 aliphatic rings. The maximum absolute atomic E-state index is 9.78. The van der Waals surface area contributed by atoms with Gasteiger partial charge in [0.05, 0.1) is 6.61 Å². The van der Waals surface area contributed by atoms with Gasteiger partial charge in [-0.3, -0.25) is 0 Å². The molecular weight excluding hydrogens is 140 g/mol. The fourth-order valence-corrected chi connectivity index (χ4v) is 1.97. The molecule has 0 aromatic carbocycles. The van der Waals surface area contributed by atoms with Crippen LogP contribution in [0.5, 0.6) is 0 Å². The third kappa shape index (κ3) is 0.865. The summed E-state index contributed by atoms with van der Waals surface area (Å²) in [7, 11) is 0. The van der Waals surface area contributed by atoms with Gasteiger partial charge in [0.15, 0.2) is 0 Å². The molecule has 2 aliphatic carbocycles. The zero-order valence-electron chi connectivity index (χ0n) is 6.27. The first-order chi connectivity index (χ1) is 5.26. The highest BCUT2D eigenvalue weighted by molar-refractivity contribution is 5.25. The SMILES string of the molecule is OC[C@]1(O)C=C[C@@H]2CC=C[C@@H]21. The van der Waals surface area contributed by atoms with Crippen LogP contribution in [0.2, 0.25) is 0 Å². The summed E-state index contributed by atoms with van der Waals surface area (Å²) in [6.45, 7) is -0.172. The Balaban J connectivity index is 2.26. The zero-order chi connectivity index (χ0) is 7.90. The van der Waals surface area contributed by atoms with Crippen molar-refractivity contribution in [3.05, 3.63) is 24.3 Å². The van der Waals surface area contributed by atoms with E-state index < -0.39 is 5.60 Å². The van der Waals surface area contributed by atoms with Crippen LogP contribution in [0.25, 0.3) is 0 Å². The van der Waals surface area contributed by atoms with Crippen LogP contribution in [0.15, 0.2) is 24.3 Å². The molecule has 2 N–H and O–H groups in total. The number of rotatable bonds is 1. The minimum absolute atomic E-state index is 0.118. The highest BCUT2D eigenvalue weighted by Crippen LogP contribution is 2.40. The van der Waals surface area contributed by atoms with Crippen LogP contribution in [0, 0.1) is 11.8 Å². The molecule has 60 valence electrons. The van der Waals surface area contributed by atoms with Crippen LogP contribution >= 0.6 is 0 Å². The predicted octanol–water partition coefficient (Wildman–Crippen LogP) is 0.472. The lowest BCUT2D eigenvalue weighted by Crippen LogP contribution is -2.36. The summed E-state index contributed by atoms with van der Waals surface area (Å²) in [6.07, 6.45) is 8.80. The fraction of sp³-hybridized carbons (Fsp3) is 0.556. The van der Waals surface area contributed by atoms with E-state index in [1.54, 1.807) is 6.08 Å². The quantitative estimate of drug-likeness (QED) is 0.536. The molecule has 0 saturated heterocycles. The van der Waals surface area contributed by atoms with E-state index in [1.807, 2.05) is 12.2 Å². The molecule has 0 unspecified atom stereocenters. The van der Waals surface area contributed by atoms with Gasteiger partial charge in [0, 0.05) is 5.92 Å². The lowest BCUT2D eigenvalue weighted by molar-refractivity contribution is -0.00507. The largest absolute Gasteiger partial charge is 0.393 e. The minimum Gasteiger partial charge on any atom is -0.393 e. The fourth-order valence-electron chi connectivity index (χ4n) is 1.97. The Morgan fingerprint density at radius 2 is 2.27 bits per heavy atom. The second-order valence-corrected chi connectivity index (χ2v) is 3.36. The van der Waals surface area contributed by atoms with Gasteiger partial charge in [-0.2, -0.15) is 0 Å². The first-order valence-electron chi connectivity index (χ1n) is 3.95. The van der Waals surface area contributed by atoms with Crippen molar-refractivity contribution < 1.29 is 10.2 Å². The monoisotopic (exact) mass is 152 g/mol. The van der Waals surface area contributed by atoms with E-state index in [-0.39, 0.29) is 12.5 Å². The van der Waals surface area contributed by atoms with Gasteiger partial charge in [0.2, 0.25) is 0 Å². The molecular formula is C9H12O2. The van der Waals surface area contributed by atoms with Gasteiger partial charge < -0.3 is 10.2 Å². The van der Waals surface area contributed by atoms with Crippen LogP contribution in [-0.2, 0) is 0 Å². The topological polar surface area (TPSA) is 40.5 Å².